The molecule has 3 unspecified atom stereocenters. The standard InChI is InChI=1S/C26H21N3O4/c1-28-20-15-9-8-14-19(20)26(25(28)33)21(17-10-4-2-5-11-17)22(24(32)29(26)16-30)27-23(31)18-12-6-3-7-13-18/h2-16,21-22H,1H3,(H,27,31). The predicted octanol–water partition coefficient (Wildman–Crippen LogP) is 2.44. The van der Waals surface area contributed by atoms with Crippen molar-refractivity contribution in [3.63, 3.8) is 0 Å². The molecular formula is C26H21N3O4. The summed E-state index contributed by atoms with van der Waals surface area (Å²) in [5.41, 5.74) is 0.638. The van der Waals surface area contributed by atoms with Crippen LogP contribution in [-0.2, 0) is 19.9 Å². The molecule has 1 fully saturated rings. The van der Waals surface area contributed by atoms with Crippen molar-refractivity contribution in [2.24, 2.45) is 0 Å². The molecule has 3 atom stereocenters. The van der Waals surface area contributed by atoms with E-state index < -0.39 is 35.2 Å². The molecule has 0 saturated carbocycles. The van der Waals surface area contributed by atoms with Crippen LogP contribution < -0.4 is 10.2 Å². The number of benzene rings is 3. The van der Waals surface area contributed by atoms with Gasteiger partial charge in [-0.2, -0.15) is 0 Å². The molecular weight excluding hydrogens is 418 g/mol. The largest absolute Gasteiger partial charge is 0.339 e. The van der Waals surface area contributed by atoms with Gasteiger partial charge in [-0.15, -0.1) is 0 Å². The van der Waals surface area contributed by atoms with Gasteiger partial charge in [0.15, 0.2) is 5.54 Å². The Hall–Kier alpha value is -4.26. The Balaban J connectivity index is 1.72. The molecule has 7 heteroatoms. The Morgan fingerprint density at radius 1 is 0.909 bits per heavy atom. The van der Waals surface area contributed by atoms with Gasteiger partial charge in [-0.05, 0) is 23.8 Å². The van der Waals surface area contributed by atoms with Crippen molar-refractivity contribution >= 4 is 29.8 Å². The van der Waals surface area contributed by atoms with Gasteiger partial charge in [0.25, 0.3) is 17.7 Å². The summed E-state index contributed by atoms with van der Waals surface area (Å²) in [7, 11) is 1.63. The summed E-state index contributed by atoms with van der Waals surface area (Å²) in [5, 5.41) is 2.82. The number of nitrogens with zero attached hydrogens (tertiary/aromatic N) is 2. The third-order valence-corrected chi connectivity index (χ3v) is 6.56. The summed E-state index contributed by atoms with van der Waals surface area (Å²) in [6, 6.07) is 23.6. The first-order valence-corrected chi connectivity index (χ1v) is 10.6. The van der Waals surface area contributed by atoms with Crippen LogP contribution in [-0.4, -0.2) is 42.1 Å². The van der Waals surface area contributed by atoms with Crippen molar-refractivity contribution < 1.29 is 19.2 Å². The molecule has 0 aliphatic carbocycles. The molecule has 2 heterocycles. The van der Waals surface area contributed by atoms with Gasteiger partial charge in [0.05, 0.1) is 5.92 Å². The highest BCUT2D eigenvalue weighted by molar-refractivity contribution is 6.15. The molecule has 1 spiro atoms. The molecule has 0 bridgehead atoms. The van der Waals surface area contributed by atoms with E-state index in [-0.39, 0.29) is 0 Å². The quantitative estimate of drug-likeness (QED) is 0.633. The van der Waals surface area contributed by atoms with E-state index in [9.17, 15) is 19.2 Å². The van der Waals surface area contributed by atoms with Crippen LogP contribution in [0.15, 0.2) is 84.9 Å². The number of imide groups is 1. The number of hydrogen-bond donors (Lipinski definition) is 1. The monoisotopic (exact) mass is 439 g/mol. The van der Waals surface area contributed by atoms with Gasteiger partial charge < -0.3 is 10.2 Å². The number of carbonyl (C=O) groups excluding carboxylic acids is 4. The van der Waals surface area contributed by atoms with Crippen LogP contribution in [0.25, 0.3) is 0 Å². The lowest BCUT2D eigenvalue weighted by molar-refractivity contribution is -0.146. The normalized spacial score (nSPS) is 23.7. The summed E-state index contributed by atoms with van der Waals surface area (Å²) in [6.07, 6.45) is 0.404. The lowest BCUT2D eigenvalue weighted by Crippen LogP contribution is -2.52. The van der Waals surface area contributed by atoms with Crippen LogP contribution >= 0.6 is 0 Å². The second-order valence-corrected chi connectivity index (χ2v) is 8.17. The highest BCUT2D eigenvalue weighted by Gasteiger charge is 2.68. The summed E-state index contributed by atoms with van der Waals surface area (Å²) < 4.78 is 0. The summed E-state index contributed by atoms with van der Waals surface area (Å²) in [4.78, 5) is 55.3. The van der Waals surface area contributed by atoms with E-state index in [4.69, 9.17) is 0 Å². The van der Waals surface area contributed by atoms with Crippen LogP contribution in [0.5, 0.6) is 0 Å². The van der Waals surface area contributed by atoms with Crippen molar-refractivity contribution in [1.82, 2.24) is 10.2 Å². The zero-order valence-corrected chi connectivity index (χ0v) is 17.8. The fraction of sp³-hybridized carbons (Fsp3) is 0.154. The summed E-state index contributed by atoms with van der Waals surface area (Å²) in [5.74, 6) is -2.29. The maximum absolute atomic E-state index is 13.8. The summed E-state index contributed by atoms with van der Waals surface area (Å²) in [6.45, 7) is 0. The second kappa shape index (κ2) is 7.70. The Kier molecular flexibility index (Phi) is 4.82. The number of carbonyl (C=O) groups is 4. The Labute approximate surface area is 190 Å². The lowest BCUT2D eigenvalue weighted by Gasteiger charge is -2.35. The molecule has 7 nitrogen and oxygen atoms in total. The lowest BCUT2D eigenvalue weighted by atomic mass is 9.74. The molecule has 5 rings (SSSR count). The third-order valence-electron chi connectivity index (χ3n) is 6.56. The number of para-hydroxylation sites is 1. The fourth-order valence-corrected chi connectivity index (χ4v) is 5.15. The smallest absolute Gasteiger partial charge is 0.258 e. The number of anilines is 1. The van der Waals surface area contributed by atoms with Crippen LogP contribution in [0.3, 0.4) is 0 Å². The molecule has 3 aromatic carbocycles. The minimum Gasteiger partial charge on any atom is -0.339 e. The van der Waals surface area contributed by atoms with Crippen molar-refractivity contribution in [3.8, 4) is 0 Å². The Morgan fingerprint density at radius 3 is 2.18 bits per heavy atom. The number of nitrogens with one attached hydrogen (secondary N) is 1. The molecule has 2 aliphatic rings. The molecule has 1 N–H and O–H groups in total. The molecule has 3 aromatic rings. The molecule has 0 radical (unpaired) electrons. The first kappa shape index (κ1) is 20.6. The van der Waals surface area contributed by atoms with Crippen molar-refractivity contribution in [2.45, 2.75) is 17.5 Å². The first-order chi connectivity index (χ1) is 16.0. The van der Waals surface area contributed by atoms with Gasteiger partial charge in [0.1, 0.15) is 6.04 Å². The van der Waals surface area contributed by atoms with E-state index in [2.05, 4.69) is 5.32 Å². The number of fused-ring (bicyclic) bond motifs is 2. The van der Waals surface area contributed by atoms with E-state index in [1.165, 1.54) is 4.90 Å². The van der Waals surface area contributed by atoms with E-state index in [1.54, 1.807) is 61.6 Å². The topological polar surface area (TPSA) is 86.8 Å². The van der Waals surface area contributed by atoms with Crippen LogP contribution in [0.1, 0.15) is 27.4 Å². The van der Waals surface area contributed by atoms with E-state index in [0.717, 1.165) is 4.90 Å². The van der Waals surface area contributed by atoms with Crippen molar-refractivity contribution in [2.75, 3.05) is 11.9 Å². The van der Waals surface area contributed by atoms with Gasteiger partial charge >= 0.3 is 0 Å². The van der Waals surface area contributed by atoms with Crippen molar-refractivity contribution in [1.29, 1.82) is 0 Å². The van der Waals surface area contributed by atoms with Gasteiger partial charge in [0, 0.05) is 23.9 Å². The molecule has 1 saturated heterocycles. The minimum absolute atomic E-state index is 0.381. The molecule has 164 valence electrons. The zero-order valence-electron chi connectivity index (χ0n) is 17.8. The molecule has 2 aliphatic heterocycles. The van der Waals surface area contributed by atoms with Gasteiger partial charge in [-0.3, -0.25) is 24.1 Å². The molecule has 33 heavy (non-hydrogen) atoms. The Morgan fingerprint density at radius 2 is 1.52 bits per heavy atom. The van der Waals surface area contributed by atoms with Gasteiger partial charge in [-0.25, -0.2) is 0 Å². The maximum atomic E-state index is 13.8. The SMILES string of the molecule is CN1C(=O)C2(c3ccccc31)C(c1ccccc1)C(NC(=O)c1ccccc1)C(=O)N2C=O. The van der Waals surface area contributed by atoms with Gasteiger partial charge in [-0.1, -0.05) is 66.7 Å². The van der Waals surface area contributed by atoms with Crippen LogP contribution in [0, 0.1) is 0 Å². The second-order valence-electron chi connectivity index (χ2n) is 8.17. The average Bonchev–Trinajstić information content (AvgIpc) is 3.24. The summed E-state index contributed by atoms with van der Waals surface area (Å²) >= 11 is 0. The van der Waals surface area contributed by atoms with Gasteiger partial charge in [0.2, 0.25) is 6.41 Å². The maximum Gasteiger partial charge on any atom is 0.258 e. The molecule has 0 aromatic heterocycles. The number of rotatable bonds is 4. The van der Waals surface area contributed by atoms with Crippen molar-refractivity contribution in [3.05, 3.63) is 102 Å². The highest BCUT2D eigenvalue weighted by Crippen LogP contribution is 2.56. The third kappa shape index (κ3) is 2.82. The van der Waals surface area contributed by atoms with Crippen LogP contribution in [0.4, 0.5) is 5.69 Å². The van der Waals surface area contributed by atoms with E-state index in [0.29, 0.717) is 28.8 Å². The number of amides is 4. The number of hydrogen-bond acceptors (Lipinski definition) is 4. The number of likely N-dealkylation sites (tertiary alicyclic amines) is 1. The Bertz CT molecular complexity index is 1260. The minimum atomic E-state index is -1.60. The zero-order chi connectivity index (χ0) is 23.2. The first-order valence-electron chi connectivity index (χ1n) is 10.6. The molecule has 4 amide bonds. The van der Waals surface area contributed by atoms with E-state index in [1.807, 2.05) is 30.3 Å². The average molecular weight is 439 g/mol. The fourth-order valence-electron chi connectivity index (χ4n) is 5.15. The number of likely N-dealkylation sites (N-methyl/N-ethyl adjacent to an activating group) is 1. The van der Waals surface area contributed by atoms with E-state index >= 15 is 0 Å². The van der Waals surface area contributed by atoms with Crippen LogP contribution in [0.2, 0.25) is 0 Å². The highest BCUT2D eigenvalue weighted by atomic mass is 16.2. The predicted molar refractivity (Wildman–Crippen MR) is 121 cm³/mol.